The summed E-state index contributed by atoms with van der Waals surface area (Å²) in [5.41, 5.74) is 2.99. The molecule has 0 fully saturated rings. The summed E-state index contributed by atoms with van der Waals surface area (Å²) in [5.74, 6) is 0. The Bertz CT molecular complexity index is 952. The average molecular weight is 585 g/mol. The number of benzene rings is 3. The van der Waals surface area contributed by atoms with Gasteiger partial charge in [-0.25, -0.2) is 0 Å². The summed E-state index contributed by atoms with van der Waals surface area (Å²) in [6, 6.07) is 22.1. The van der Waals surface area contributed by atoms with E-state index in [0.29, 0.717) is 32.2 Å². The van der Waals surface area contributed by atoms with Gasteiger partial charge in [0.1, 0.15) is 0 Å². The highest BCUT2D eigenvalue weighted by atomic mass is 79.9. The molecule has 144 valence electrons. The minimum Gasteiger partial charge on any atom is -0.305 e. The van der Waals surface area contributed by atoms with Crippen LogP contribution in [0.25, 0.3) is 0 Å². The van der Waals surface area contributed by atoms with Gasteiger partial charge in [0.25, 0.3) is 0 Å². The van der Waals surface area contributed by atoms with Gasteiger partial charge in [-0.15, -0.1) is 0 Å². The molecule has 3 aromatic carbocycles. The van der Waals surface area contributed by atoms with Crippen LogP contribution < -0.4 is 10.6 Å². The highest BCUT2D eigenvalue weighted by Crippen LogP contribution is 2.48. The molecule has 0 N–H and O–H groups in total. The van der Waals surface area contributed by atoms with Crippen LogP contribution in [0.3, 0.4) is 0 Å². The fraction of sp³-hybridized carbons (Fsp3) is 0.136. The lowest BCUT2D eigenvalue weighted by molar-refractivity contribution is 0.107. The lowest BCUT2D eigenvalue weighted by atomic mass is 10.0. The quantitative estimate of drug-likeness (QED) is 0.234. The van der Waals surface area contributed by atoms with Crippen LogP contribution in [0, 0.1) is 0 Å². The van der Waals surface area contributed by atoms with Crippen molar-refractivity contribution in [3.63, 3.8) is 0 Å². The Kier molecular flexibility index (Phi) is 7.49. The van der Waals surface area contributed by atoms with E-state index in [9.17, 15) is 9.36 Å². The third-order valence-electron chi connectivity index (χ3n) is 4.54. The second-order valence-electron chi connectivity index (χ2n) is 6.28. The number of alkyl halides is 3. The predicted molar refractivity (Wildman–Crippen MR) is 128 cm³/mol. The van der Waals surface area contributed by atoms with Crippen LogP contribution in [-0.4, -0.2) is 5.52 Å². The third-order valence-corrected chi connectivity index (χ3v) is 9.25. The zero-order chi connectivity index (χ0) is 20.1. The summed E-state index contributed by atoms with van der Waals surface area (Å²) in [5, 5.41) is 2.82. The Morgan fingerprint density at radius 2 is 1.14 bits per heavy atom. The zero-order valence-electron chi connectivity index (χ0n) is 14.9. The molecule has 3 aromatic rings. The largest absolute Gasteiger partial charge is 0.305 e. The summed E-state index contributed by atoms with van der Waals surface area (Å²) in [6.45, 7) is 0. The minimum atomic E-state index is -3.53. The number of hydrogen-bond acceptors (Lipinski definition) is 2. The normalized spacial score (nSPS) is 11.4. The first-order valence-corrected chi connectivity index (χ1v) is 13.7. The van der Waals surface area contributed by atoms with Crippen LogP contribution in [0.1, 0.15) is 27.0 Å². The van der Waals surface area contributed by atoms with Crippen molar-refractivity contribution in [2.24, 2.45) is 0 Å². The summed E-state index contributed by atoms with van der Waals surface area (Å²) in [6.07, 6.45) is 0. The standard InChI is InChI=1S/C22H18Br3O2P/c23-13-16-11-17(14-24)21(18(12-16)15-25)22(26)28(27,19-7-3-1-4-8-19)20-9-5-2-6-10-20/h1-12H,13-15H2. The van der Waals surface area contributed by atoms with Gasteiger partial charge in [0.2, 0.25) is 12.7 Å². The summed E-state index contributed by atoms with van der Waals surface area (Å²) in [4.78, 5) is 13.9. The summed E-state index contributed by atoms with van der Waals surface area (Å²) in [7, 11) is -3.53. The molecule has 0 spiro atoms. The molecule has 0 aromatic heterocycles. The molecule has 0 aliphatic rings. The Morgan fingerprint density at radius 3 is 1.50 bits per heavy atom. The van der Waals surface area contributed by atoms with Crippen LogP contribution in [0.5, 0.6) is 0 Å². The highest BCUT2D eigenvalue weighted by Gasteiger charge is 2.38. The minimum absolute atomic E-state index is 0.324. The molecule has 0 heterocycles. The van der Waals surface area contributed by atoms with Gasteiger partial charge in [0, 0.05) is 32.2 Å². The van der Waals surface area contributed by atoms with E-state index in [1.807, 2.05) is 48.5 Å². The van der Waals surface area contributed by atoms with E-state index >= 15 is 0 Å². The zero-order valence-corrected chi connectivity index (χ0v) is 20.6. The monoisotopic (exact) mass is 582 g/mol. The maximum Gasteiger partial charge on any atom is 0.230 e. The molecule has 0 saturated carbocycles. The van der Waals surface area contributed by atoms with Gasteiger partial charge in [-0.3, -0.25) is 4.79 Å². The smallest absolute Gasteiger partial charge is 0.230 e. The summed E-state index contributed by atoms with van der Waals surface area (Å²) >= 11 is 10.5. The van der Waals surface area contributed by atoms with Crippen molar-refractivity contribution in [2.45, 2.75) is 16.0 Å². The van der Waals surface area contributed by atoms with Gasteiger partial charge in [-0.1, -0.05) is 121 Å². The Hall–Kier alpha value is -1.00. The van der Waals surface area contributed by atoms with Crippen molar-refractivity contribution < 1.29 is 9.36 Å². The molecule has 0 atom stereocenters. The van der Waals surface area contributed by atoms with E-state index in [0.717, 1.165) is 16.7 Å². The van der Waals surface area contributed by atoms with Crippen molar-refractivity contribution in [1.82, 2.24) is 0 Å². The molecule has 0 aliphatic heterocycles. The van der Waals surface area contributed by atoms with E-state index in [-0.39, 0.29) is 5.52 Å². The van der Waals surface area contributed by atoms with Crippen LogP contribution in [-0.2, 0) is 20.6 Å². The third kappa shape index (κ3) is 4.14. The Balaban J connectivity index is 2.29. The second-order valence-corrected chi connectivity index (χ2v) is 10.6. The van der Waals surface area contributed by atoms with Crippen molar-refractivity contribution in [3.8, 4) is 0 Å². The fourth-order valence-electron chi connectivity index (χ4n) is 3.22. The van der Waals surface area contributed by atoms with Gasteiger partial charge in [-0.05, 0) is 16.7 Å². The molecule has 28 heavy (non-hydrogen) atoms. The molecule has 0 radical (unpaired) electrons. The van der Waals surface area contributed by atoms with Crippen LogP contribution >= 0.6 is 54.9 Å². The fourth-order valence-corrected chi connectivity index (χ4v) is 6.98. The van der Waals surface area contributed by atoms with Gasteiger partial charge in [0.05, 0.1) is 0 Å². The molecule has 0 amide bonds. The van der Waals surface area contributed by atoms with Crippen LogP contribution in [0.15, 0.2) is 72.8 Å². The van der Waals surface area contributed by atoms with Gasteiger partial charge in [-0.2, -0.15) is 0 Å². The van der Waals surface area contributed by atoms with E-state index in [4.69, 9.17) is 0 Å². The van der Waals surface area contributed by atoms with Crippen LogP contribution in [0.4, 0.5) is 0 Å². The summed E-state index contributed by atoms with van der Waals surface area (Å²) < 4.78 is 14.4. The van der Waals surface area contributed by atoms with Gasteiger partial charge < -0.3 is 4.57 Å². The molecular formula is C22H18Br3O2P. The molecule has 3 rings (SSSR count). The lowest BCUT2D eigenvalue weighted by Crippen LogP contribution is -2.24. The predicted octanol–water partition coefficient (Wildman–Crippen LogP) is 6.53. The van der Waals surface area contributed by atoms with Crippen molar-refractivity contribution in [3.05, 3.63) is 95.1 Å². The Morgan fingerprint density at radius 1 is 0.714 bits per heavy atom. The van der Waals surface area contributed by atoms with Crippen LogP contribution in [0.2, 0.25) is 0 Å². The van der Waals surface area contributed by atoms with Crippen molar-refractivity contribution >= 4 is 71.1 Å². The first-order valence-electron chi connectivity index (χ1n) is 8.65. The molecule has 2 nitrogen and oxygen atoms in total. The molecule has 0 aliphatic carbocycles. The number of carbonyl (C=O) groups is 1. The molecule has 0 bridgehead atoms. The topological polar surface area (TPSA) is 34.1 Å². The van der Waals surface area contributed by atoms with Gasteiger partial charge in [0.15, 0.2) is 0 Å². The van der Waals surface area contributed by atoms with Crippen molar-refractivity contribution in [2.75, 3.05) is 0 Å². The SMILES string of the molecule is O=C(c1c(CBr)cc(CBr)cc1CBr)P(=O)(c1ccccc1)c1ccccc1. The molecule has 0 unspecified atom stereocenters. The average Bonchev–Trinajstić information content (AvgIpc) is 2.78. The molecule has 0 saturated heterocycles. The number of carbonyl (C=O) groups excluding carboxylic acids is 1. The lowest BCUT2D eigenvalue weighted by Gasteiger charge is -2.21. The first kappa shape index (κ1) is 21.7. The second kappa shape index (κ2) is 9.67. The van der Waals surface area contributed by atoms with E-state index in [1.165, 1.54) is 0 Å². The Labute approximate surface area is 190 Å². The van der Waals surface area contributed by atoms with E-state index in [1.54, 1.807) is 24.3 Å². The van der Waals surface area contributed by atoms with E-state index in [2.05, 4.69) is 47.8 Å². The number of hydrogen-bond donors (Lipinski definition) is 0. The molecule has 6 heteroatoms. The van der Waals surface area contributed by atoms with Gasteiger partial charge >= 0.3 is 0 Å². The first-order chi connectivity index (χ1) is 13.6. The maximum atomic E-state index is 14.4. The number of halogens is 3. The maximum absolute atomic E-state index is 14.4. The van der Waals surface area contributed by atoms with Crippen molar-refractivity contribution in [1.29, 1.82) is 0 Å². The number of rotatable bonds is 7. The highest BCUT2D eigenvalue weighted by molar-refractivity contribution is 9.09. The van der Waals surface area contributed by atoms with E-state index < -0.39 is 7.14 Å². The molecular weight excluding hydrogens is 567 g/mol.